The molecule has 0 aromatic heterocycles. The first-order chi connectivity index (χ1) is 4.18. The van der Waals surface area contributed by atoms with Gasteiger partial charge in [-0.05, 0) is 20.0 Å². The van der Waals surface area contributed by atoms with Crippen molar-refractivity contribution >= 4 is 0 Å². The van der Waals surface area contributed by atoms with E-state index in [0.29, 0.717) is 13.0 Å². The zero-order valence-corrected chi connectivity index (χ0v) is 5.82. The van der Waals surface area contributed by atoms with Crippen LogP contribution in [0.3, 0.4) is 0 Å². The summed E-state index contributed by atoms with van der Waals surface area (Å²) in [5, 5.41) is 2.82. The van der Waals surface area contributed by atoms with Gasteiger partial charge in [0.25, 0.3) is 0 Å². The lowest BCUT2D eigenvalue weighted by molar-refractivity contribution is 0.0823. The molecule has 0 unspecified atom stereocenters. The van der Waals surface area contributed by atoms with Crippen molar-refractivity contribution in [2.45, 2.75) is 19.8 Å². The van der Waals surface area contributed by atoms with Crippen LogP contribution in [0.1, 0.15) is 13.3 Å². The summed E-state index contributed by atoms with van der Waals surface area (Å²) in [4.78, 5) is 0. The zero-order valence-electron chi connectivity index (χ0n) is 5.82. The van der Waals surface area contributed by atoms with Crippen LogP contribution < -0.4 is 5.32 Å². The number of alkyl halides is 2. The minimum absolute atomic E-state index is 0.475. The van der Waals surface area contributed by atoms with Crippen molar-refractivity contribution in [1.29, 1.82) is 0 Å². The third-order valence-corrected chi connectivity index (χ3v) is 1.28. The van der Waals surface area contributed by atoms with Crippen LogP contribution in [0.5, 0.6) is 0 Å². The fraction of sp³-hybridized carbons (Fsp3) is 1.00. The predicted molar refractivity (Wildman–Crippen MR) is 33.7 cm³/mol. The second kappa shape index (κ2) is 4.68. The number of nitrogens with one attached hydrogen (secondary N) is 1. The molecular formula is C6H13F2N. The van der Waals surface area contributed by atoms with E-state index < -0.39 is 12.3 Å². The van der Waals surface area contributed by atoms with Crippen molar-refractivity contribution in [3.63, 3.8) is 0 Å². The summed E-state index contributed by atoms with van der Waals surface area (Å²) in [6.45, 7) is 2.23. The predicted octanol–water partition coefficient (Wildman–Crippen LogP) is 1.50. The summed E-state index contributed by atoms with van der Waals surface area (Å²) < 4.78 is 23.4. The molecule has 3 heteroatoms. The molecule has 0 aliphatic rings. The van der Waals surface area contributed by atoms with E-state index in [1.807, 2.05) is 0 Å². The first-order valence-corrected chi connectivity index (χ1v) is 3.11. The highest BCUT2D eigenvalue weighted by molar-refractivity contribution is 4.55. The first-order valence-electron chi connectivity index (χ1n) is 3.11. The molecule has 1 nitrogen and oxygen atoms in total. The Labute approximate surface area is 54.4 Å². The Hall–Kier alpha value is -0.180. The Kier molecular flexibility index (Phi) is 4.58. The van der Waals surface area contributed by atoms with Crippen molar-refractivity contribution < 1.29 is 8.78 Å². The van der Waals surface area contributed by atoms with Gasteiger partial charge in [0.1, 0.15) is 0 Å². The molecule has 0 fully saturated rings. The molecule has 0 aliphatic heterocycles. The SMILES string of the molecule is CNCC[C@H](C)C(F)F. The molecule has 9 heavy (non-hydrogen) atoms. The molecule has 1 atom stereocenters. The molecule has 0 rings (SSSR count). The molecule has 0 aromatic carbocycles. The molecule has 0 saturated carbocycles. The van der Waals surface area contributed by atoms with Crippen LogP contribution in [0.2, 0.25) is 0 Å². The van der Waals surface area contributed by atoms with E-state index >= 15 is 0 Å². The molecule has 0 bridgehead atoms. The second-order valence-corrected chi connectivity index (χ2v) is 2.20. The number of halogens is 2. The minimum Gasteiger partial charge on any atom is -0.320 e. The van der Waals surface area contributed by atoms with Gasteiger partial charge >= 0.3 is 0 Å². The van der Waals surface area contributed by atoms with Crippen LogP contribution in [0, 0.1) is 5.92 Å². The average molecular weight is 137 g/mol. The molecule has 0 heterocycles. The molecule has 0 saturated heterocycles. The topological polar surface area (TPSA) is 12.0 Å². The minimum atomic E-state index is -2.17. The van der Waals surface area contributed by atoms with Crippen molar-refractivity contribution in [2.75, 3.05) is 13.6 Å². The van der Waals surface area contributed by atoms with E-state index in [1.165, 1.54) is 0 Å². The summed E-state index contributed by atoms with van der Waals surface area (Å²) in [6.07, 6.45) is -1.62. The van der Waals surface area contributed by atoms with Gasteiger partial charge in [0.05, 0.1) is 0 Å². The third kappa shape index (κ3) is 4.33. The first kappa shape index (κ1) is 8.82. The molecule has 0 amide bonds. The Morgan fingerprint density at radius 1 is 1.44 bits per heavy atom. The van der Waals surface area contributed by atoms with Crippen molar-refractivity contribution in [3.05, 3.63) is 0 Å². The fourth-order valence-electron chi connectivity index (χ4n) is 0.498. The molecule has 0 aliphatic carbocycles. The highest BCUT2D eigenvalue weighted by Crippen LogP contribution is 2.11. The van der Waals surface area contributed by atoms with Gasteiger partial charge in [0, 0.05) is 5.92 Å². The quantitative estimate of drug-likeness (QED) is 0.619. The zero-order chi connectivity index (χ0) is 7.28. The molecule has 0 spiro atoms. The molecule has 1 N–H and O–H groups in total. The lowest BCUT2D eigenvalue weighted by Crippen LogP contribution is -2.15. The molecule has 0 radical (unpaired) electrons. The van der Waals surface area contributed by atoms with E-state index in [1.54, 1.807) is 14.0 Å². The van der Waals surface area contributed by atoms with Gasteiger partial charge in [-0.25, -0.2) is 8.78 Å². The van der Waals surface area contributed by atoms with E-state index in [-0.39, 0.29) is 0 Å². The average Bonchev–Trinajstić information content (AvgIpc) is 1.82. The number of hydrogen-bond donors (Lipinski definition) is 1. The van der Waals surface area contributed by atoms with Crippen LogP contribution in [-0.2, 0) is 0 Å². The highest BCUT2D eigenvalue weighted by Gasteiger charge is 2.12. The van der Waals surface area contributed by atoms with Gasteiger partial charge in [0.15, 0.2) is 0 Å². The lowest BCUT2D eigenvalue weighted by atomic mass is 10.1. The van der Waals surface area contributed by atoms with E-state index in [4.69, 9.17) is 0 Å². The largest absolute Gasteiger partial charge is 0.320 e. The van der Waals surface area contributed by atoms with Gasteiger partial charge < -0.3 is 5.32 Å². The summed E-state index contributed by atoms with van der Waals surface area (Å²) >= 11 is 0. The van der Waals surface area contributed by atoms with E-state index in [9.17, 15) is 8.78 Å². The normalized spacial score (nSPS) is 14.3. The van der Waals surface area contributed by atoms with Crippen LogP contribution in [-0.4, -0.2) is 20.0 Å². The number of hydrogen-bond acceptors (Lipinski definition) is 1. The van der Waals surface area contributed by atoms with Crippen LogP contribution in [0.15, 0.2) is 0 Å². The van der Waals surface area contributed by atoms with Crippen LogP contribution in [0.4, 0.5) is 8.78 Å². The van der Waals surface area contributed by atoms with Crippen molar-refractivity contribution in [2.24, 2.45) is 5.92 Å². The molecular weight excluding hydrogens is 124 g/mol. The van der Waals surface area contributed by atoms with Crippen molar-refractivity contribution in [1.82, 2.24) is 5.32 Å². The van der Waals surface area contributed by atoms with Gasteiger partial charge in [-0.2, -0.15) is 0 Å². The Bertz CT molecular complexity index is 66.1. The smallest absolute Gasteiger partial charge is 0.241 e. The summed E-state index contributed by atoms with van der Waals surface area (Å²) in [6, 6.07) is 0. The Balaban J connectivity index is 3.16. The highest BCUT2D eigenvalue weighted by atomic mass is 19.3. The maximum atomic E-state index is 11.7. The standard InChI is InChI=1S/C6H13F2N/c1-5(6(7)8)3-4-9-2/h5-6,9H,3-4H2,1-2H3/t5-/m0/s1. The van der Waals surface area contributed by atoms with E-state index in [2.05, 4.69) is 5.32 Å². The Morgan fingerprint density at radius 3 is 2.33 bits per heavy atom. The monoisotopic (exact) mass is 137 g/mol. The van der Waals surface area contributed by atoms with Gasteiger partial charge in [0.2, 0.25) is 6.43 Å². The maximum Gasteiger partial charge on any atom is 0.241 e. The van der Waals surface area contributed by atoms with E-state index in [0.717, 1.165) is 0 Å². The molecule has 56 valence electrons. The van der Waals surface area contributed by atoms with Crippen LogP contribution in [0.25, 0.3) is 0 Å². The molecule has 0 aromatic rings. The van der Waals surface area contributed by atoms with Gasteiger partial charge in [-0.3, -0.25) is 0 Å². The maximum absolute atomic E-state index is 11.7. The van der Waals surface area contributed by atoms with Crippen molar-refractivity contribution in [3.8, 4) is 0 Å². The summed E-state index contributed by atoms with van der Waals surface area (Å²) in [7, 11) is 1.76. The lowest BCUT2D eigenvalue weighted by Gasteiger charge is -2.07. The third-order valence-electron chi connectivity index (χ3n) is 1.28. The fourth-order valence-corrected chi connectivity index (χ4v) is 0.498. The van der Waals surface area contributed by atoms with Crippen LogP contribution >= 0.6 is 0 Å². The summed E-state index contributed by atoms with van der Waals surface area (Å²) in [5.74, 6) is -0.475. The van der Waals surface area contributed by atoms with Gasteiger partial charge in [-0.1, -0.05) is 6.92 Å². The Morgan fingerprint density at radius 2 is 2.00 bits per heavy atom. The summed E-state index contributed by atoms with van der Waals surface area (Å²) in [5.41, 5.74) is 0. The number of rotatable bonds is 4. The second-order valence-electron chi connectivity index (χ2n) is 2.20. The van der Waals surface area contributed by atoms with Gasteiger partial charge in [-0.15, -0.1) is 0 Å².